The molecule has 1 aliphatic rings. The van der Waals surface area contributed by atoms with Crippen LogP contribution in [0, 0.1) is 0 Å². The van der Waals surface area contributed by atoms with E-state index in [0.29, 0.717) is 0 Å². The van der Waals surface area contributed by atoms with Crippen molar-refractivity contribution in [2.75, 3.05) is 18.8 Å². The van der Waals surface area contributed by atoms with E-state index in [1.807, 2.05) is 0 Å². The van der Waals surface area contributed by atoms with Gasteiger partial charge in [-0.1, -0.05) is 0 Å². The van der Waals surface area contributed by atoms with Gasteiger partial charge < -0.3 is 15.7 Å². The smallest absolute Gasteiger partial charge is 0.358 e. The van der Waals surface area contributed by atoms with Crippen molar-refractivity contribution in [2.24, 2.45) is 0 Å². The van der Waals surface area contributed by atoms with E-state index in [4.69, 9.17) is 10.8 Å². The highest BCUT2D eigenvalue weighted by Gasteiger charge is 2.19. The molecule has 98 valence electrons. The van der Waals surface area contributed by atoms with Gasteiger partial charge in [0.2, 0.25) is 5.91 Å². The van der Waals surface area contributed by atoms with E-state index in [0.717, 1.165) is 32.4 Å². The number of hydrogen-bond donors (Lipinski definition) is 2. The second kappa shape index (κ2) is 5.07. The second-order valence-corrected chi connectivity index (χ2v) is 4.38. The minimum Gasteiger partial charge on any atom is -0.476 e. The minimum absolute atomic E-state index is 0.0392. The molecule has 0 bridgehead atoms. The number of likely N-dealkylation sites (tertiary alicyclic amines) is 1. The number of hydrogen-bond acceptors (Lipinski definition) is 4. The molecule has 18 heavy (non-hydrogen) atoms. The summed E-state index contributed by atoms with van der Waals surface area (Å²) in [6, 6.07) is 0. The molecule has 1 aromatic heterocycles. The SMILES string of the molecule is Nc1cn(CC(=O)N2CCCCC2)nc1C(=O)O. The van der Waals surface area contributed by atoms with Crippen LogP contribution in [0.4, 0.5) is 5.69 Å². The van der Waals surface area contributed by atoms with Gasteiger partial charge in [-0.3, -0.25) is 9.48 Å². The van der Waals surface area contributed by atoms with Crippen LogP contribution in [-0.2, 0) is 11.3 Å². The molecule has 1 amide bonds. The van der Waals surface area contributed by atoms with Crippen LogP contribution in [0.1, 0.15) is 29.8 Å². The largest absolute Gasteiger partial charge is 0.476 e. The highest BCUT2D eigenvalue weighted by Crippen LogP contribution is 2.11. The number of carbonyl (C=O) groups is 2. The molecular formula is C11H16N4O3. The number of carboxylic acids is 1. The van der Waals surface area contributed by atoms with Crippen molar-refractivity contribution in [3.8, 4) is 0 Å². The van der Waals surface area contributed by atoms with E-state index in [9.17, 15) is 9.59 Å². The van der Waals surface area contributed by atoms with Crippen LogP contribution in [0.5, 0.6) is 0 Å². The maximum atomic E-state index is 11.9. The Labute approximate surface area is 104 Å². The first-order valence-corrected chi connectivity index (χ1v) is 5.92. The lowest BCUT2D eigenvalue weighted by atomic mass is 10.1. The van der Waals surface area contributed by atoms with E-state index in [-0.39, 0.29) is 23.8 Å². The summed E-state index contributed by atoms with van der Waals surface area (Å²) in [4.78, 5) is 24.5. The number of anilines is 1. The lowest BCUT2D eigenvalue weighted by Crippen LogP contribution is -2.37. The van der Waals surface area contributed by atoms with Crippen molar-refractivity contribution < 1.29 is 14.7 Å². The van der Waals surface area contributed by atoms with Crippen LogP contribution in [-0.4, -0.2) is 44.8 Å². The molecule has 1 aliphatic heterocycles. The lowest BCUT2D eigenvalue weighted by Gasteiger charge is -2.26. The quantitative estimate of drug-likeness (QED) is 0.798. The molecule has 0 spiro atoms. The Morgan fingerprint density at radius 1 is 1.33 bits per heavy atom. The molecule has 7 heteroatoms. The van der Waals surface area contributed by atoms with Crippen molar-refractivity contribution in [3.63, 3.8) is 0 Å². The summed E-state index contributed by atoms with van der Waals surface area (Å²) in [6.45, 7) is 1.57. The molecule has 0 radical (unpaired) electrons. The van der Waals surface area contributed by atoms with Crippen LogP contribution >= 0.6 is 0 Å². The Morgan fingerprint density at radius 2 is 2.00 bits per heavy atom. The predicted molar refractivity (Wildman–Crippen MR) is 64.0 cm³/mol. The zero-order valence-electron chi connectivity index (χ0n) is 10.0. The van der Waals surface area contributed by atoms with Crippen molar-refractivity contribution in [2.45, 2.75) is 25.8 Å². The van der Waals surface area contributed by atoms with Crippen LogP contribution in [0.3, 0.4) is 0 Å². The predicted octanol–water partition coefficient (Wildman–Crippen LogP) is 0.176. The summed E-state index contributed by atoms with van der Waals surface area (Å²) in [5, 5.41) is 12.6. The zero-order chi connectivity index (χ0) is 13.1. The number of amides is 1. The third-order valence-electron chi connectivity index (χ3n) is 3.00. The first-order chi connectivity index (χ1) is 8.58. The molecule has 1 saturated heterocycles. The summed E-state index contributed by atoms with van der Waals surface area (Å²) < 4.78 is 1.29. The normalized spacial score (nSPS) is 15.7. The third kappa shape index (κ3) is 2.61. The highest BCUT2D eigenvalue weighted by atomic mass is 16.4. The number of carbonyl (C=O) groups excluding carboxylic acids is 1. The number of piperidine rings is 1. The van der Waals surface area contributed by atoms with Gasteiger partial charge in [0.15, 0.2) is 5.69 Å². The topological polar surface area (TPSA) is 101 Å². The van der Waals surface area contributed by atoms with Gasteiger partial charge in [-0.15, -0.1) is 0 Å². The Balaban J connectivity index is 2.02. The number of nitrogen functional groups attached to an aromatic ring is 1. The number of nitrogens with zero attached hydrogens (tertiary/aromatic N) is 3. The van der Waals surface area contributed by atoms with Gasteiger partial charge in [0, 0.05) is 19.3 Å². The van der Waals surface area contributed by atoms with E-state index in [1.54, 1.807) is 4.90 Å². The molecule has 1 fully saturated rings. The number of aromatic carboxylic acids is 1. The van der Waals surface area contributed by atoms with Gasteiger partial charge >= 0.3 is 5.97 Å². The number of rotatable bonds is 3. The maximum absolute atomic E-state index is 11.9. The fourth-order valence-corrected chi connectivity index (χ4v) is 2.07. The Morgan fingerprint density at radius 3 is 2.56 bits per heavy atom. The zero-order valence-corrected chi connectivity index (χ0v) is 10.0. The molecule has 1 aromatic rings. The molecule has 3 N–H and O–H groups in total. The van der Waals surface area contributed by atoms with Gasteiger partial charge in [0.25, 0.3) is 0 Å². The molecule has 7 nitrogen and oxygen atoms in total. The van der Waals surface area contributed by atoms with Crippen LogP contribution in [0.2, 0.25) is 0 Å². The maximum Gasteiger partial charge on any atom is 0.358 e. The van der Waals surface area contributed by atoms with Gasteiger partial charge in [-0.2, -0.15) is 5.10 Å². The van der Waals surface area contributed by atoms with E-state index >= 15 is 0 Å². The van der Waals surface area contributed by atoms with E-state index < -0.39 is 5.97 Å². The Bertz CT molecular complexity index is 463. The fourth-order valence-electron chi connectivity index (χ4n) is 2.07. The second-order valence-electron chi connectivity index (χ2n) is 4.38. The number of carboxylic acid groups (broad SMARTS) is 1. The summed E-state index contributed by atoms with van der Waals surface area (Å²) in [6.07, 6.45) is 4.58. The van der Waals surface area contributed by atoms with Crippen molar-refractivity contribution >= 4 is 17.6 Å². The van der Waals surface area contributed by atoms with Gasteiger partial charge in [-0.05, 0) is 19.3 Å². The van der Waals surface area contributed by atoms with E-state index in [1.165, 1.54) is 10.9 Å². The molecule has 0 aliphatic carbocycles. The molecule has 2 rings (SSSR count). The average Bonchev–Trinajstić information content (AvgIpc) is 2.71. The van der Waals surface area contributed by atoms with Crippen molar-refractivity contribution in [1.29, 1.82) is 0 Å². The lowest BCUT2D eigenvalue weighted by molar-refractivity contribution is -0.132. The van der Waals surface area contributed by atoms with Gasteiger partial charge in [0.05, 0.1) is 5.69 Å². The summed E-state index contributed by atoms with van der Waals surface area (Å²) in [5.41, 5.74) is 5.38. The Hall–Kier alpha value is -2.05. The first-order valence-electron chi connectivity index (χ1n) is 5.92. The van der Waals surface area contributed by atoms with Gasteiger partial charge in [0.1, 0.15) is 6.54 Å². The highest BCUT2D eigenvalue weighted by molar-refractivity contribution is 5.91. The van der Waals surface area contributed by atoms with Crippen LogP contribution < -0.4 is 5.73 Å². The van der Waals surface area contributed by atoms with E-state index in [2.05, 4.69) is 5.10 Å². The molecule has 2 heterocycles. The van der Waals surface area contributed by atoms with Crippen LogP contribution in [0.25, 0.3) is 0 Å². The molecular weight excluding hydrogens is 236 g/mol. The van der Waals surface area contributed by atoms with Gasteiger partial charge in [-0.25, -0.2) is 4.79 Å². The summed E-state index contributed by atoms with van der Waals surface area (Å²) >= 11 is 0. The fraction of sp³-hybridized carbons (Fsp3) is 0.545. The summed E-state index contributed by atoms with van der Waals surface area (Å²) in [7, 11) is 0. The first kappa shape index (κ1) is 12.4. The van der Waals surface area contributed by atoms with Crippen molar-refractivity contribution in [3.05, 3.63) is 11.9 Å². The molecule has 0 unspecified atom stereocenters. The monoisotopic (exact) mass is 252 g/mol. The molecule has 0 saturated carbocycles. The minimum atomic E-state index is -1.18. The standard InChI is InChI=1S/C11H16N4O3/c12-8-6-15(13-10(8)11(17)18)7-9(16)14-4-2-1-3-5-14/h6H,1-5,7,12H2,(H,17,18). The molecule has 0 aromatic carbocycles. The number of nitrogens with two attached hydrogens (primary N) is 1. The van der Waals surface area contributed by atoms with Crippen LogP contribution in [0.15, 0.2) is 6.20 Å². The average molecular weight is 252 g/mol. The number of aromatic nitrogens is 2. The third-order valence-corrected chi connectivity index (χ3v) is 3.00. The summed E-state index contributed by atoms with van der Waals surface area (Å²) in [5.74, 6) is -1.23. The Kier molecular flexibility index (Phi) is 3.50. The van der Waals surface area contributed by atoms with Crippen molar-refractivity contribution in [1.82, 2.24) is 14.7 Å². The molecule has 0 atom stereocenters.